The van der Waals surface area contributed by atoms with Crippen LogP contribution < -0.4 is 10.9 Å². The lowest BCUT2D eigenvalue weighted by Gasteiger charge is -2.33. The highest BCUT2D eigenvalue weighted by Gasteiger charge is 2.31. The summed E-state index contributed by atoms with van der Waals surface area (Å²) in [4.78, 5) is 34.4. The molecule has 1 aliphatic carbocycles. The molecule has 0 bridgehead atoms. The second-order valence-corrected chi connectivity index (χ2v) is 10.6. The first kappa shape index (κ1) is 20.2. The van der Waals surface area contributed by atoms with Gasteiger partial charge < -0.3 is 14.7 Å². The van der Waals surface area contributed by atoms with Crippen molar-refractivity contribution < 1.29 is 9.21 Å². The lowest BCUT2D eigenvalue weighted by molar-refractivity contribution is -0.118. The summed E-state index contributed by atoms with van der Waals surface area (Å²) in [6.45, 7) is 7.20. The molecule has 0 spiro atoms. The quantitative estimate of drug-likeness (QED) is 0.468. The number of carbonyl (C=O) groups excluding carboxylic acids is 1. The normalized spacial score (nSPS) is 16.7. The molecular weight excluding hydrogens is 406 g/mol. The van der Waals surface area contributed by atoms with Crippen LogP contribution in [-0.4, -0.2) is 21.6 Å². The van der Waals surface area contributed by atoms with Gasteiger partial charge in [-0.25, -0.2) is 4.98 Å². The number of hydrogen-bond acceptors (Lipinski definition) is 6. The van der Waals surface area contributed by atoms with Gasteiger partial charge in [0, 0.05) is 4.88 Å². The molecule has 8 heteroatoms. The van der Waals surface area contributed by atoms with E-state index in [1.165, 1.54) is 22.2 Å². The number of aromatic nitrogens is 2. The zero-order chi connectivity index (χ0) is 20.6. The van der Waals surface area contributed by atoms with Crippen molar-refractivity contribution in [3.8, 4) is 0 Å². The minimum Gasteiger partial charge on any atom is -0.467 e. The van der Waals surface area contributed by atoms with E-state index < -0.39 is 0 Å². The van der Waals surface area contributed by atoms with Crippen LogP contribution in [0.4, 0.5) is 0 Å². The molecule has 3 aromatic heterocycles. The highest BCUT2D eigenvalue weighted by atomic mass is 32.2. The largest absolute Gasteiger partial charge is 0.467 e. The van der Waals surface area contributed by atoms with Gasteiger partial charge in [-0.05, 0) is 48.3 Å². The molecule has 0 aromatic carbocycles. The minimum atomic E-state index is -0.132. The van der Waals surface area contributed by atoms with E-state index in [9.17, 15) is 9.59 Å². The van der Waals surface area contributed by atoms with Gasteiger partial charge in [0.2, 0.25) is 5.91 Å². The monoisotopic (exact) mass is 431 g/mol. The van der Waals surface area contributed by atoms with E-state index in [-0.39, 0.29) is 22.6 Å². The topological polar surface area (TPSA) is 88.0 Å². The van der Waals surface area contributed by atoms with Crippen LogP contribution in [0.2, 0.25) is 0 Å². The summed E-state index contributed by atoms with van der Waals surface area (Å²) >= 11 is 2.88. The van der Waals surface area contributed by atoms with Crippen LogP contribution in [0.15, 0.2) is 32.8 Å². The summed E-state index contributed by atoms with van der Waals surface area (Å²) in [5.74, 6) is 1.38. The van der Waals surface area contributed by atoms with Gasteiger partial charge in [0.05, 0.1) is 23.9 Å². The molecule has 0 unspecified atom stereocenters. The number of aryl methyl sites for hydroxylation is 1. The summed E-state index contributed by atoms with van der Waals surface area (Å²) in [6.07, 6.45) is 4.62. The third-order valence-electron chi connectivity index (χ3n) is 5.50. The Morgan fingerprint density at radius 2 is 2.28 bits per heavy atom. The van der Waals surface area contributed by atoms with E-state index >= 15 is 0 Å². The first-order valence-corrected chi connectivity index (χ1v) is 11.6. The molecule has 0 saturated heterocycles. The number of aromatic amines is 1. The van der Waals surface area contributed by atoms with Crippen molar-refractivity contribution in [1.29, 1.82) is 0 Å². The molecule has 1 amide bonds. The smallest absolute Gasteiger partial charge is 0.260 e. The summed E-state index contributed by atoms with van der Waals surface area (Å²) in [6, 6.07) is 3.59. The highest BCUT2D eigenvalue weighted by Crippen LogP contribution is 2.42. The Balaban J connectivity index is 1.46. The summed E-state index contributed by atoms with van der Waals surface area (Å²) in [5.41, 5.74) is 1.34. The fourth-order valence-electron chi connectivity index (χ4n) is 3.76. The molecule has 0 radical (unpaired) electrons. The van der Waals surface area contributed by atoms with E-state index in [2.05, 4.69) is 36.1 Å². The predicted molar refractivity (Wildman–Crippen MR) is 116 cm³/mol. The van der Waals surface area contributed by atoms with E-state index in [4.69, 9.17) is 4.42 Å². The van der Waals surface area contributed by atoms with Crippen LogP contribution in [-0.2, 0) is 24.2 Å². The molecular formula is C21H25N3O3S2. The fraction of sp³-hybridized carbons (Fsp3) is 0.476. The third kappa shape index (κ3) is 4.43. The number of nitrogens with one attached hydrogen (secondary N) is 2. The second kappa shape index (κ2) is 7.99. The van der Waals surface area contributed by atoms with E-state index in [1.807, 2.05) is 6.07 Å². The van der Waals surface area contributed by atoms with Crippen LogP contribution in [0.5, 0.6) is 0 Å². The summed E-state index contributed by atoms with van der Waals surface area (Å²) in [7, 11) is 0. The molecule has 0 fully saturated rings. The van der Waals surface area contributed by atoms with Crippen molar-refractivity contribution in [2.75, 3.05) is 5.75 Å². The maximum atomic E-state index is 12.7. The predicted octanol–water partition coefficient (Wildman–Crippen LogP) is 4.14. The van der Waals surface area contributed by atoms with Crippen molar-refractivity contribution in [3.63, 3.8) is 0 Å². The maximum absolute atomic E-state index is 12.7. The molecule has 4 rings (SSSR count). The number of H-pyrrole nitrogens is 1. The average molecular weight is 432 g/mol. The van der Waals surface area contributed by atoms with E-state index in [0.717, 1.165) is 29.5 Å². The van der Waals surface area contributed by atoms with Gasteiger partial charge in [-0.2, -0.15) is 0 Å². The van der Waals surface area contributed by atoms with Crippen LogP contribution in [0.25, 0.3) is 10.2 Å². The fourth-order valence-corrected chi connectivity index (χ4v) is 5.80. The van der Waals surface area contributed by atoms with Crippen molar-refractivity contribution in [2.24, 2.45) is 11.3 Å². The van der Waals surface area contributed by atoms with Crippen molar-refractivity contribution in [1.82, 2.24) is 15.3 Å². The lowest BCUT2D eigenvalue weighted by atomic mass is 9.72. The number of rotatable bonds is 5. The standard InChI is InChI=1S/C21H25N3O3S2/c1-21(2,3)12-6-7-14-15(9-12)29-19-17(14)18(26)23-20(24-19)28-11-16(25)22-10-13-5-4-8-27-13/h4-5,8,12H,6-7,9-11H2,1-3H3,(H,22,25)(H,23,24,26)/t12-/m1/s1. The molecule has 29 heavy (non-hydrogen) atoms. The van der Waals surface area contributed by atoms with Crippen LogP contribution in [0.3, 0.4) is 0 Å². The van der Waals surface area contributed by atoms with Gasteiger partial charge in [-0.15, -0.1) is 11.3 Å². The number of thioether (sulfide) groups is 1. The number of hydrogen-bond donors (Lipinski definition) is 2. The first-order valence-electron chi connectivity index (χ1n) is 9.77. The van der Waals surface area contributed by atoms with Gasteiger partial charge in [-0.3, -0.25) is 9.59 Å². The maximum Gasteiger partial charge on any atom is 0.260 e. The molecule has 1 atom stereocenters. The first-order chi connectivity index (χ1) is 13.8. The Morgan fingerprint density at radius 1 is 1.45 bits per heavy atom. The molecule has 2 N–H and O–H groups in total. The number of furan rings is 1. The van der Waals surface area contributed by atoms with E-state index in [1.54, 1.807) is 23.7 Å². The third-order valence-corrected chi connectivity index (χ3v) is 7.52. The number of thiophene rings is 1. The SMILES string of the molecule is CC(C)(C)[C@@H]1CCc2c(sc3nc(SCC(=O)NCc4ccco4)[nH]c(=O)c23)C1. The van der Waals surface area contributed by atoms with Crippen LogP contribution in [0, 0.1) is 11.3 Å². The Kier molecular flexibility index (Phi) is 5.57. The zero-order valence-corrected chi connectivity index (χ0v) is 18.5. The Bertz CT molecular complexity index is 1080. The molecule has 1 aliphatic rings. The lowest BCUT2D eigenvalue weighted by Crippen LogP contribution is -2.26. The molecule has 6 nitrogen and oxygen atoms in total. The Hall–Kier alpha value is -2.06. The zero-order valence-electron chi connectivity index (χ0n) is 16.8. The van der Waals surface area contributed by atoms with Gasteiger partial charge in [0.1, 0.15) is 10.6 Å². The second-order valence-electron chi connectivity index (χ2n) is 8.51. The Labute approximate surface area is 177 Å². The number of nitrogens with zero attached hydrogens (tertiary/aromatic N) is 1. The molecule has 0 aliphatic heterocycles. The summed E-state index contributed by atoms with van der Waals surface area (Å²) < 4.78 is 5.20. The average Bonchev–Trinajstić information content (AvgIpc) is 3.30. The van der Waals surface area contributed by atoms with Crippen molar-refractivity contribution >= 4 is 39.2 Å². The minimum absolute atomic E-state index is 0.0970. The summed E-state index contributed by atoms with van der Waals surface area (Å²) in [5, 5.41) is 4.02. The molecule has 0 saturated carbocycles. The number of carbonyl (C=O) groups is 1. The van der Waals surface area contributed by atoms with Gasteiger partial charge in [0.25, 0.3) is 5.56 Å². The molecule has 3 heterocycles. The van der Waals surface area contributed by atoms with Gasteiger partial charge in [-0.1, -0.05) is 32.5 Å². The highest BCUT2D eigenvalue weighted by molar-refractivity contribution is 7.99. The van der Waals surface area contributed by atoms with Crippen LogP contribution >= 0.6 is 23.1 Å². The van der Waals surface area contributed by atoms with Crippen LogP contribution in [0.1, 0.15) is 43.4 Å². The van der Waals surface area contributed by atoms with Gasteiger partial charge in [0.15, 0.2) is 5.16 Å². The molecule has 3 aromatic rings. The number of fused-ring (bicyclic) bond motifs is 3. The number of amides is 1. The van der Waals surface area contributed by atoms with Crippen molar-refractivity contribution in [2.45, 2.75) is 51.7 Å². The molecule has 154 valence electrons. The Morgan fingerprint density at radius 3 is 3.00 bits per heavy atom. The van der Waals surface area contributed by atoms with E-state index in [0.29, 0.717) is 23.4 Å². The van der Waals surface area contributed by atoms with Crippen molar-refractivity contribution in [3.05, 3.63) is 45.0 Å². The van der Waals surface area contributed by atoms with Gasteiger partial charge >= 0.3 is 0 Å².